The van der Waals surface area contributed by atoms with Crippen LogP contribution in [0, 0.1) is 0 Å². The van der Waals surface area contributed by atoms with E-state index in [0.29, 0.717) is 29.5 Å². The Bertz CT molecular complexity index is 999. The Morgan fingerprint density at radius 3 is 2.32 bits per heavy atom. The van der Waals surface area contributed by atoms with Crippen molar-refractivity contribution in [3.63, 3.8) is 0 Å². The molecule has 0 aliphatic rings. The first-order valence-corrected chi connectivity index (χ1v) is 12.6. The monoisotopic (exact) mass is 509 g/mol. The van der Waals surface area contributed by atoms with Gasteiger partial charge in [0.1, 0.15) is 12.6 Å². The maximum Gasteiger partial charge on any atom is 0.244 e. The van der Waals surface area contributed by atoms with Crippen LogP contribution in [0.3, 0.4) is 0 Å². The van der Waals surface area contributed by atoms with E-state index in [4.69, 9.17) is 0 Å². The molecule has 7 nitrogen and oxygen atoms in total. The predicted molar refractivity (Wildman–Crippen MR) is 126 cm³/mol. The van der Waals surface area contributed by atoms with Gasteiger partial charge >= 0.3 is 0 Å². The first-order chi connectivity index (χ1) is 14.7. The van der Waals surface area contributed by atoms with Crippen LogP contribution < -0.4 is 9.62 Å². The molecule has 1 N–H and O–H groups in total. The van der Waals surface area contributed by atoms with E-state index in [0.717, 1.165) is 16.1 Å². The van der Waals surface area contributed by atoms with E-state index in [1.807, 2.05) is 37.3 Å². The zero-order valence-electron chi connectivity index (χ0n) is 17.9. The van der Waals surface area contributed by atoms with Gasteiger partial charge in [-0.05, 0) is 36.6 Å². The van der Waals surface area contributed by atoms with Crippen LogP contribution in [0.15, 0.2) is 59.1 Å². The Hall–Kier alpha value is -2.39. The van der Waals surface area contributed by atoms with E-state index in [1.54, 1.807) is 24.3 Å². The average Bonchev–Trinajstić information content (AvgIpc) is 2.74. The van der Waals surface area contributed by atoms with Crippen LogP contribution in [0.5, 0.6) is 0 Å². The van der Waals surface area contributed by atoms with Gasteiger partial charge in [-0.2, -0.15) is 0 Å². The first kappa shape index (κ1) is 24.9. The molecule has 9 heteroatoms. The van der Waals surface area contributed by atoms with Gasteiger partial charge in [0.05, 0.1) is 11.9 Å². The molecule has 31 heavy (non-hydrogen) atoms. The van der Waals surface area contributed by atoms with Gasteiger partial charge in [-0.3, -0.25) is 13.9 Å². The summed E-state index contributed by atoms with van der Waals surface area (Å²) in [5.41, 5.74) is 1.40. The average molecular weight is 510 g/mol. The highest BCUT2D eigenvalue weighted by molar-refractivity contribution is 9.10. The van der Waals surface area contributed by atoms with Gasteiger partial charge in [0.2, 0.25) is 21.8 Å². The number of carbonyl (C=O) groups excluding carboxylic acids is 2. The van der Waals surface area contributed by atoms with Crippen molar-refractivity contribution in [1.29, 1.82) is 0 Å². The molecule has 0 unspecified atom stereocenters. The molecule has 2 aromatic carbocycles. The van der Waals surface area contributed by atoms with E-state index >= 15 is 0 Å². The normalized spacial score (nSPS) is 12.1. The van der Waals surface area contributed by atoms with Crippen molar-refractivity contribution in [2.24, 2.45) is 0 Å². The molecule has 0 heterocycles. The van der Waals surface area contributed by atoms with Crippen LogP contribution in [-0.2, 0) is 26.0 Å². The number of hydrogen-bond donors (Lipinski definition) is 1. The van der Waals surface area contributed by atoms with E-state index in [1.165, 1.54) is 11.9 Å². The lowest BCUT2D eigenvalue weighted by molar-refractivity contribution is -0.139. The molecule has 2 amide bonds. The molecular formula is C22H28BrN3O4S. The summed E-state index contributed by atoms with van der Waals surface area (Å²) in [6, 6.07) is 15.7. The second-order valence-corrected chi connectivity index (χ2v) is 9.93. The fraction of sp³-hybridized carbons (Fsp3) is 0.364. The van der Waals surface area contributed by atoms with E-state index in [-0.39, 0.29) is 5.91 Å². The van der Waals surface area contributed by atoms with E-state index in [9.17, 15) is 18.0 Å². The highest BCUT2D eigenvalue weighted by atomic mass is 79.9. The number of hydrogen-bond acceptors (Lipinski definition) is 4. The van der Waals surface area contributed by atoms with E-state index < -0.39 is 28.5 Å². The summed E-state index contributed by atoms with van der Waals surface area (Å²) in [5.74, 6) is -0.714. The molecule has 0 aliphatic heterocycles. The van der Waals surface area contributed by atoms with Gasteiger partial charge in [-0.15, -0.1) is 0 Å². The van der Waals surface area contributed by atoms with Crippen LogP contribution in [0.4, 0.5) is 5.69 Å². The zero-order valence-corrected chi connectivity index (χ0v) is 20.3. The predicted octanol–water partition coefficient (Wildman–Crippen LogP) is 2.81. The Morgan fingerprint density at radius 1 is 1.10 bits per heavy atom. The second kappa shape index (κ2) is 11.3. The highest BCUT2D eigenvalue weighted by Crippen LogP contribution is 2.22. The van der Waals surface area contributed by atoms with Crippen molar-refractivity contribution in [3.8, 4) is 0 Å². The van der Waals surface area contributed by atoms with Crippen molar-refractivity contribution >= 4 is 43.5 Å². The standard InChI is InChI=1S/C22H28BrN3O4S/c1-4-20(22(28)24-2)25(14-13-17-9-6-5-7-10-17)21(27)16-26(31(3,29)30)19-12-8-11-18(23)15-19/h5-12,15,20H,4,13-14,16H2,1-3H3,(H,24,28)/t20-/m0/s1. The Kier molecular flexibility index (Phi) is 9.06. The third kappa shape index (κ3) is 7.07. The number of halogens is 1. The molecular weight excluding hydrogens is 482 g/mol. The summed E-state index contributed by atoms with van der Waals surface area (Å²) in [4.78, 5) is 27.3. The van der Waals surface area contributed by atoms with Gasteiger partial charge in [0.15, 0.2) is 0 Å². The van der Waals surface area contributed by atoms with Crippen molar-refractivity contribution in [1.82, 2.24) is 10.2 Å². The summed E-state index contributed by atoms with van der Waals surface area (Å²) in [7, 11) is -2.20. The van der Waals surface area contributed by atoms with Gasteiger partial charge in [0, 0.05) is 18.1 Å². The maximum atomic E-state index is 13.3. The molecule has 0 fully saturated rings. The minimum absolute atomic E-state index is 0.280. The van der Waals surface area contributed by atoms with Crippen LogP contribution >= 0.6 is 15.9 Å². The number of anilines is 1. The molecule has 0 bridgehead atoms. The Labute approximate surface area is 192 Å². The summed E-state index contributed by atoms with van der Waals surface area (Å²) < 4.78 is 26.7. The molecule has 0 radical (unpaired) electrons. The topological polar surface area (TPSA) is 86.8 Å². The molecule has 0 aromatic heterocycles. The largest absolute Gasteiger partial charge is 0.357 e. The lowest BCUT2D eigenvalue weighted by atomic mass is 10.1. The lowest BCUT2D eigenvalue weighted by Crippen LogP contribution is -2.52. The number of amides is 2. The lowest BCUT2D eigenvalue weighted by Gasteiger charge is -2.32. The third-order valence-corrected chi connectivity index (χ3v) is 6.53. The van der Waals surface area contributed by atoms with Gasteiger partial charge in [-0.25, -0.2) is 8.42 Å². The Balaban J connectivity index is 2.33. The molecule has 1 atom stereocenters. The smallest absolute Gasteiger partial charge is 0.244 e. The van der Waals surface area contributed by atoms with Crippen LogP contribution in [0.2, 0.25) is 0 Å². The number of nitrogens with one attached hydrogen (secondary N) is 1. The molecule has 2 aromatic rings. The number of carbonyl (C=O) groups is 2. The summed E-state index contributed by atoms with van der Waals surface area (Å²) in [6.45, 7) is 1.73. The molecule has 0 aliphatic carbocycles. The number of rotatable bonds is 10. The summed E-state index contributed by atoms with van der Waals surface area (Å²) >= 11 is 3.34. The molecule has 2 rings (SSSR count). The maximum absolute atomic E-state index is 13.3. The molecule has 0 saturated heterocycles. The second-order valence-electron chi connectivity index (χ2n) is 7.11. The quantitative estimate of drug-likeness (QED) is 0.533. The van der Waals surface area contributed by atoms with Crippen molar-refractivity contribution in [3.05, 3.63) is 64.6 Å². The highest BCUT2D eigenvalue weighted by Gasteiger charge is 2.31. The first-order valence-electron chi connectivity index (χ1n) is 9.95. The fourth-order valence-electron chi connectivity index (χ4n) is 3.31. The van der Waals surface area contributed by atoms with Gasteiger partial charge < -0.3 is 10.2 Å². The number of nitrogens with zero attached hydrogens (tertiary/aromatic N) is 2. The third-order valence-electron chi connectivity index (χ3n) is 4.89. The minimum atomic E-state index is -3.72. The van der Waals surface area contributed by atoms with E-state index in [2.05, 4.69) is 21.2 Å². The van der Waals surface area contributed by atoms with Gasteiger partial charge in [0.25, 0.3) is 0 Å². The fourth-order valence-corrected chi connectivity index (χ4v) is 4.54. The summed E-state index contributed by atoms with van der Waals surface area (Å²) in [5, 5.41) is 2.60. The van der Waals surface area contributed by atoms with Crippen molar-refractivity contribution in [2.75, 3.05) is 30.7 Å². The van der Waals surface area contributed by atoms with Crippen molar-refractivity contribution in [2.45, 2.75) is 25.8 Å². The molecule has 168 valence electrons. The molecule has 0 spiro atoms. The molecule has 0 saturated carbocycles. The summed E-state index contributed by atoms with van der Waals surface area (Å²) in [6.07, 6.45) is 2.03. The zero-order chi connectivity index (χ0) is 23.0. The SMILES string of the molecule is CC[C@@H](C(=O)NC)N(CCc1ccccc1)C(=O)CN(c1cccc(Br)c1)S(C)(=O)=O. The Morgan fingerprint density at radius 2 is 1.77 bits per heavy atom. The number of likely N-dealkylation sites (N-methyl/N-ethyl adjacent to an activating group) is 1. The minimum Gasteiger partial charge on any atom is -0.357 e. The van der Waals surface area contributed by atoms with Crippen LogP contribution in [-0.4, -0.2) is 57.6 Å². The number of benzene rings is 2. The van der Waals surface area contributed by atoms with Crippen molar-refractivity contribution < 1.29 is 18.0 Å². The van der Waals surface area contributed by atoms with Crippen LogP contribution in [0.25, 0.3) is 0 Å². The van der Waals surface area contributed by atoms with Gasteiger partial charge in [-0.1, -0.05) is 59.3 Å². The van der Waals surface area contributed by atoms with Crippen LogP contribution in [0.1, 0.15) is 18.9 Å². The number of sulfonamides is 1.